The van der Waals surface area contributed by atoms with Crippen LogP contribution in [0.3, 0.4) is 0 Å². The fourth-order valence-electron chi connectivity index (χ4n) is 3.12. The fraction of sp³-hybridized carbons (Fsp3) is 0.182. The van der Waals surface area contributed by atoms with E-state index >= 15 is 0 Å². The van der Waals surface area contributed by atoms with Gasteiger partial charge in [-0.3, -0.25) is 4.74 Å². The minimum Gasteiger partial charge on any atom is -0.284 e. The van der Waals surface area contributed by atoms with E-state index in [9.17, 15) is 0 Å². The van der Waals surface area contributed by atoms with Crippen LogP contribution in [-0.2, 0) is 0 Å². The van der Waals surface area contributed by atoms with Gasteiger partial charge < -0.3 is 0 Å². The lowest BCUT2D eigenvalue weighted by Gasteiger charge is -2.32. The number of hydrogen-bond acceptors (Lipinski definition) is 1. The van der Waals surface area contributed by atoms with Gasteiger partial charge in [-0.25, -0.2) is 0 Å². The monoisotopic (exact) mass is 343 g/mol. The van der Waals surface area contributed by atoms with Crippen molar-refractivity contribution < 1.29 is 0 Å². The molecular weight excluding hydrogens is 320 g/mol. The third kappa shape index (κ3) is 3.65. The summed E-state index contributed by atoms with van der Waals surface area (Å²) in [7, 11) is 4.26. The van der Waals surface area contributed by atoms with Gasteiger partial charge in [-0.15, -0.1) is 0 Å². The molecule has 25 heavy (non-hydrogen) atoms. The molecule has 0 spiro atoms. The standard InChI is InChI=1S/C22H23BNP/c1-22(2,3)24-25(18-12-6-4-7-13-18,19-14-8-5-9-15-19)21-17-11-10-16-20(21)23/h4-17H,1-3H3. The summed E-state index contributed by atoms with van der Waals surface area (Å²) in [4.78, 5) is 0. The first-order valence-electron chi connectivity index (χ1n) is 8.53. The summed E-state index contributed by atoms with van der Waals surface area (Å²) in [5, 5.41) is 3.59. The second kappa shape index (κ2) is 7.06. The van der Waals surface area contributed by atoms with Crippen LogP contribution in [0.2, 0.25) is 0 Å². The van der Waals surface area contributed by atoms with Crippen molar-refractivity contribution in [2.75, 3.05) is 0 Å². The van der Waals surface area contributed by atoms with E-state index in [4.69, 9.17) is 12.6 Å². The predicted octanol–water partition coefficient (Wildman–Crippen LogP) is 3.76. The smallest absolute Gasteiger partial charge is 0.114 e. The summed E-state index contributed by atoms with van der Waals surface area (Å²) < 4.78 is 5.44. The highest BCUT2D eigenvalue weighted by Gasteiger charge is 2.30. The van der Waals surface area contributed by atoms with E-state index in [1.54, 1.807) is 0 Å². The van der Waals surface area contributed by atoms with E-state index in [1.807, 2.05) is 12.1 Å². The lowest BCUT2D eigenvalue weighted by molar-refractivity contribution is 0.591. The van der Waals surface area contributed by atoms with E-state index in [0.29, 0.717) is 0 Å². The molecule has 3 aromatic carbocycles. The fourth-order valence-corrected chi connectivity index (χ4v) is 7.17. The molecule has 0 heterocycles. The summed E-state index contributed by atoms with van der Waals surface area (Å²) in [6.45, 7) is 6.48. The highest BCUT2D eigenvalue weighted by Crippen LogP contribution is 2.48. The van der Waals surface area contributed by atoms with Crippen molar-refractivity contribution in [3.8, 4) is 0 Å². The Kier molecular flexibility index (Phi) is 5.02. The molecule has 0 amide bonds. The van der Waals surface area contributed by atoms with Crippen LogP contribution >= 0.6 is 7.05 Å². The van der Waals surface area contributed by atoms with Crippen LogP contribution in [0.4, 0.5) is 0 Å². The minimum atomic E-state index is -2.21. The largest absolute Gasteiger partial charge is 0.284 e. The van der Waals surface area contributed by atoms with Crippen molar-refractivity contribution >= 4 is 36.3 Å². The van der Waals surface area contributed by atoms with Gasteiger partial charge in [0.2, 0.25) is 0 Å². The third-order valence-electron chi connectivity index (χ3n) is 4.00. The van der Waals surface area contributed by atoms with Crippen molar-refractivity contribution in [1.29, 1.82) is 0 Å². The molecule has 1 nitrogen and oxygen atoms in total. The maximum Gasteiger partial charge on any atom is 0.114 e. The van der Waals surface area contributed by atoms with Crippen LogP contribution in [0.25, 0.3) is 0 Å². The summed E-state index contributed by atoms with van der Waals surface area (Å²) in [6, 6.07) is 29.3. The maximum atomic E-state index is 6.47. The van der Waals surface area contributed by atoms with Crippen molar-refractivity contribution in [2.24, 2.45) is 4.74 Å². The molecule has 0 aromatic heterocycles. The first-order valence-corrected chi connectivity index (χ1v) is 10.3. The van der Waals surface area contributed by atoms with Crippen molar-refractivity contribution in [3.05, 3.63) is 84.9 Å². The van der Waals surface area contributed by atoms with Gasteiger partial charge in [0, 0.05) is 10.6 Å². The summed E-state index contributed by atoms with van der Waals surface area (Å²) >= 11 is 0. The van der Waals surface area contributed by atoms with Crippen molar-refractivity contribution in [1.82, 2.24) is 0 Å². The van der Waals surface area contributed by atoms with Gasteiger partial charge in [0.05, 0.1) is 12.6 Å². The Hall–Kier alpha value is -2.05. The molecule has 0 unspecified atom stereocenters. The maximum absolute atomic E-state index is 6.47. The van der Waals surface area contributed by atoms with Gasteiger partial charge in [0.25, 0.3) is 0 Å². The Labute approximate surface area is 152 Å². The molecule has 124 valence electrons. The topological polar surface area (TPSA) is 12.4 Å². The molecule has 0 aliphatic heterocycles. The zero-order valence-corrected chi connectivity index (χ0v) is 15.9. The number of hydrogen-bond donors (Lipinski definition) is 0. The van der Waals surface area contributed by atoms with E-state index in [-0.39, 0.29) is 5.54 Å². The molecule has 0 N–H and O–H groups in total. The van der Waals surface area contributed by atoms with Crippen LogP contribution in [0, 0.1) is 0 Å². The Morgan fingerprint density at radius 2 is 1.12 bits per heavy atom. The first-order chi connectivity index (χ1) is 11.9. The number of benzene rings is 3. The number of rotatable bonds is 3. The van der Waals surface area contributed by atoms with Crippen LogP contribution in [-0.4, -0.2) is 13.4 Å². The second-order valence-corrected chi connectivity index (χ2v) is 10.1. The molecule has 0 atom stereocenters. The zero-order chi connectivity index (χ0) is 17.9. The Morgan fingerprint density at radius 3 is 1.56 bits per heavy atom. The number of nitrogens with zero attached hydrogens (tertiary/aromatic N) is 1. The van der Waals surface area contributed by atoms with Gasteiger partial charge in [-0.05, 0) is 26.1 Å². The van der Waals surface area contributed by atoms with Crippen LogP contribution in [0.5, 0.6) is 0 Å². The molecule has 0 saturated carbocycles. The lowest BCUT2D eigenvalue weighted by Crippen LogP contribution is -2.35. The molecule has 3 rings (SSSR count). The summed E-state index contributed by atoms with van der Waals surface area (Å²) in [5.41, 5.74) is 0.610. The van der Waals surface area contributed by atoms with Crippen molar-refractivity contribution in [3.63, 3.8) is 0 Å². The van der Waals surface area contributed by atoms with Gasteiger partial charge in [0.1, 0.15) is 7.85 Å². The molecule has 3 aromatic rings. The summed E-state index contributed by atoms with van der Waals surface area (Å²) in [6.07, 6.45) is 0. The van der Waals surface area contributed by atoms with Crippen LogP contribution in [0.1, 0.15) is 20.8 Å². The second-order valence-electron chi connectivity index (χ2n) is 7.14. The molecule has 0 fully saturated rings. The Bertz CT molecular complexity index is 853. The normalized spacial score (nSPS) is 12.0. The van der Waals surface area contributed by atoms with Crippen LogP contribution in [0.15, 0.2) is 89.7 Å². The van der Waals surface area contributed by atoms with Crippen molar-refractivity contribution in [2.45, 2.75) is 26.3 Å². The lowest BCUT2D eigenvalue weighted by atomic mass is 9.97. The SMILES string of the molecule is [B]c1ccccc1P(=NC(C)(C)C)(c1ccccc1)c1ccccc1. The average molecular weight is 343 g/mol. The van der Waals surface area contributed by atoms with E-state index < -0.39 is 7.05 Å². The highest BCUT2D eigenvalue weighted by molar-refractivity contribution is 7.87. The van der Waals surface area contributed by atoms with Gasteiger partial charge in [-0.2, -0.15) is 0 Å². The van der Waals surface area contributed by atoms with Crippen LogP contribution < -0.4 is 21.4 Å². The Morgan fingerprint density at radius 1 is 0.680 bits per heavy atom. The zero-order valence-electron chi connectivity index (χ0n) is 15.1. The third-order valence-corrected chi connectivity index (χ3v) is 8.09. The van der Waals surface area contributed by atoms with E-state index in [1.165, 1.54) is 10.6 Å². The minimum absolute atomic E-state index is 0.193. The van der Waals surface area contributed by atoms with E-state index in [0.717, 1.165) is 10.8 Å². The quantitative estimate of drug-likeness (QED) is 0.507. The molecule has 3 heteroatoms. The molecule has 0 bridgehead atoms. The summed E-state index contributed by atoms with van der Waals surface area (Å²) in [5.74, 6) is 0. The average Bonchev–Trinajstić information content (AvgIpc) is 2.61. The molecule has 0 aliphatic carbocycles. The van der Waals surface area contributed by atoms with E-state index in [2.05, 4.69) is 93.6 Å². The predicted molar refractivity (Wildman–Crippen MR) is 113 cm³/mol. The molecular formula is C22H23BNP. The van der Waals surface area contributed by atoms with Gasteiger partial charge in [-0.1, -0.05) is 90.4 Å². The Balaban J connectivity index is 2.50. The van der Waals surface area contributed by atoms with Gasteiger partial charge in [0.15, 0.2) is 0 Å². The molecule has 2 radical (unpaired) electrons. The molecule has 0 aliphatic rings. The highest BCUT2D eigenvalue weighted by atomic mass is 31.2. The first kappa shape index (κ1) is 17.8. The molecule has 0 saturated heterocycles. The van der Waals surface area contributed by atoms with Gasteiger partial charge >= 0.3 is 0 Å².